The van der Waals surface area contributed by atoms with Crippen molar-refractivity contribution in [2.75, 3.05) is 26.1 Å². The number of hydrogen-bond donors (Lipinski definition) is 1. The van der Waals surface area contributed by atoms with Crippen LogP contribution in [-0.2, 0) is 14.3 Å². The Labute approximate surface area is 158 Å². The van der Waals surface area contributed by atoms with Gasteiger partial charge >= 0.3 is 5.97 Å². The van der Waals surface area contributed by atoms with Gasteiger partial charge in [-0.25, -0.2) is 4.79 Å². The predicted molar refractivity (Wildman–Crippen MR) is 104 cm³/mol. The first-order chi connectivity index (χ1) is 12.9. The Morgan fingerprint density at radius 3 is 2.37 bits per heavy atom. The number of esters is 1. The van der Waals surface area contributed by atoms with Crippen molar-refractivity contribution in [2.24, 2.45) is 0 Å². The van der Waals surface area contributed by atoms with Crippen molar-refractivity contribution in [3.05, 3.63) is 59.2 Å². The summed E-state index contributed by atoms with van der Waals surface area (Å²) in [6.07, 6.45) is 2.83. The minimum Gasteiger partial charge on any atom is -0.493 e. The Hall–Kier alpha value is -3.28. The van der Waals surface area contributed by atoms with Crippen LogP contribution in [0.1, 0.15) is 16.7 Å². The summed E-state index contributed by atoms with van der Waals surface area (Å²) < 4.78 is 15.3. The van der Waals surface area contributed by atoms with Gasteiger partial charge in [0.15, 0.2) is 18.1 Å². The minimum absolute atomic E-state index is 0.359. The Morgan fingerprint density at radius 1 is 0.963 bits per heavy atom. The number of ether oxygens (including phenoxy) is 3. The monoisotopic (exact) mass is 369 g/mol. The van der Waals surface area contributed by atoms with Gasteiger partial charge in [0.1, 0.15) is 0 Å². The maximum absolute atomic E-state index is 11.9. The number of aryl methyl sites for hydroxylation is 2. The zero-order valence-electron chi connectivity index (χ0n) is 15.9. The average Bonchev–Trinajstić information content (AvgIpc) is 2.67. The van der Waals surface area contributed by atoms with Crippen LogP contribution >= 0.6 is 0 Å². The zero-order chi connectivity index (χ0) is 19.8. The van der Waals surface area contributed by atoms with E-state index in [1.165, 1.54) is 13.2 Å². The van der Waals surface area contributed by atoms with E-state index in [0.717, 1.165) is 16.7 Å². The Balaban J connectivity index is 1.87. The molecule has 0 aromatic heterocycles. The van der Waals surface area contributed by atoms with Gasteiger partial charge in [-0.05, 0) is 60.9 Å². The molecule has 0 unspecified atom stereocenters. The number of nitrogens with one attached hydrogen (secondary N) is 1. The first kappa shape index (κ1) is 20.0. The molecule has 0 spiro atoms. The van der Waals surface area contributed by atoms with Crippen molar-refractivity contribution in [3.8, 4) is 11.5 Å². The number of methoxy groups -OCH3 is 2. The van der Waals surface area contributed by atoms with Gasteiger partial charge in [0.05, 0.1) is 14.2 Å². The third-order valence-corrected chi connectivity index (χ3v) is 3.96. The molecule has 0 heterocycles. The van der Waals surface area contributed by atoms with Crippen molar-refractivity contribution >= 4 is 23.6 Å². The highest BCUT2D eigenvalue weighted by Gasteiger charge is 2.07. The number of benzene rings is 2. The fraction of sp³-hybridized carbons (Fsp3) is 0.238. The van der Waals surface area contributed by atoms with E-state index in [9.17, 15) is 9.59 Å². The van der Waals surface area contributed by atoms with E-state index in [1.807, 2.05) is 26.0 Å². The van der Waals surface area contributed by atoms with Crippen LogP contribution < -0.4 is 14.8 Å². The van der Waals surface area contributed by atoms with Crippen LogP contribution in [0.3, 0.4) is 0 Å². The van der Waals surface area contributed by atoms with Gasteiger partial charge < -0.3 is 19.5 Å². The van der Waals surface area contributed by atoms with Gasteiger partial charge in [0.2, 0.25) is 0 Å². The van der Waals surface area contributed by atoms with Gasteiger partial charge in [-0.2, -0.15) is 0 Å². The number of carbonyl (C=O) groups is 2. The first-order valence-corrected chi connectivity index (χ1v) is 8.37. The summed E-state index contributed by atoms with van der Waals surface area (Å²) in [6.45, 7) is 3.60. The average molecular weight is 369 g/mol. The molecule has 6 nitrogen and oxygen atoms in total. The van der Waals surface area contributed by atoms with E-state index >= 15 is 0 Å². The second-order valence-electron chi connectivity index (χ2n) is 5.90. The van der Waals surface area contributed by atoms with Crippen LogP contribution in [0.4, 0.5) is 5.69 Å². The molecule has 0 radical (unpaired) electrons. The molecule has 2 aromatic rings. The summed E-state index contributed by atoms with van der Waals surface area (Å²) in [7, 11) is 3.08. The van der Waals surface area contributed by atoms with Crippen LogP contribution in [0.2, 0.25) is 0 Å². The maximum atomic E-state index is 11.9. The van der Waals surface area contributed by atoms with Gasteiger partial charge in [0.25, 0.3) is 5.91 Å². The van der Waals surface area contributed by atoms with Crippen molar-refractivity contribution in [2.45, 2.75) is 13.8 Å². The number of carbonyl (C=O) groups excluding carboxylic acids is 2. The molecule has 6 heteroatoms. The third-order valence-electron chi connectivity index (χ3n) is 3.96. The van der Waals surface area contributed by atoms with Gasteiger partial charge in [-0.15, -0.1) is 0 Å². The van der Waals surface area contributed by atoms with Crippen LogP contribution in [-0.4, -0.2) is 32.7 Å². The SMILES string of the molecule is COc1ccc(/C=C/C(=O)OCC(=O)Nc2ccc(C)c(C)c2)cc1OC. The molecule has 0 aliphatic carbocycles. The van der Waals surface area contributed by atoms with E-state index in [-0.39, 0.29) is 6.61 Å². The number of rotatable bonds is 7. The van der Waals surface area contributed by atoms with Crippen LogP contribution in [0.15, 0.2) is 42.5 Å². The van der Waals surface area contributed by atoms with Crippen molar-refractivity contribution < 1.29 is 23.8 Å². The highest BCUT2D eigenvalue weighted by molar-refractivity contribution is 5.94. The van der Waals surface area contributed by atoms with E-state index in [2.05, 4.69) is 5.32 Å². The van der Waals surface area contributed by atoms with Gasteiger partial charge in [-0.1, -0.05) is 12.1 Å². The fourth-order valence-corrected chi connectivity index (χ4v) is 2.32. The molecule has 27 heavy (non-hydrogen) atoms. The standard InChI is InChI=1S/C21H23NO5/c1-14-5-8-17(11-15(14)2)22-20(23)13-27-21(24)10-7-16-6-9-18(25-3)19(12-16)26-4/h5-12H,13H2,1-4H3,(H,22,23)/b10-7+. The lowest BCUT2D eigenvalue weighted by Crippen LogP contribution is -2.20. The molecule has 1 N–H and O–H groups in total. The lowest BCUT2D eigenvalue weighted by molar-refractivity contribution is -0.142. The predicted octanol–water partition coefficient (Wildman–Crippen LogP) is 3.52. The first-order valence-electron chi connectivity index (χ1n) is 8.37. The molecule has 2 aromatic carbocycles. The molecule has 0 bridgehead atoms. The third kappa shape index (κ3) is 5.88. The summed E-state index contributed by atoms with van der Waals surface area (Å²) in [5, 5.41) is 2.70. The molecule has 142 valence electrons. The molecular formula is C21H23NO5. The second kappa shape index (κ2) is 9.43. The van der Waals surface area contributed by atoms with Gasteiger partial charge in [0, 0.05) is 11.8 Å². The molecule has 0 fully saturated rings. The number of anilines is 1. The molecule has 2 rings (SSSR count). The number of hydrogen-bond acceptors (Lipinski definition) is 5. The van der Waals surface area contributed by atoms with Gasteiger partial charge in [-0.3, -0.25) is 4.79 Å². The molecular weight excluding hydrogens is 346 g/mol. The molecule has 0 saturated carbocycles. The molecule has 0 atom stereocenters. The van der Waals surface area contributed by atoms with E-state index in [4.69, 9.17) is 14.2 Å². The normalized spacial score (nSPS) is 10.5. The largest absolute Gasteiger partial charge is 0.493 e. The summed E-state index contributed by atoms with van der Waals surface area (Å²) in [5.74, 6) is 0.146. The molecule has 1 amide bonds. The van der Waals surface area contributed by atoms with Crippen molar-refractivity contribution in [1.82, 2.24) is 0 Å². The van der Waals surface area contributed by atoms with Crippen molar-refractivity contribution in [1.29, 1.82) is 0 Å². The van der Waals surface area contributed by atoms with Crippen LogP contribution in [0.5, 0.6) is 11.5 Å². The second-order valence-corrected chi connectivity index (χ2v) is 5.90. The fourth-order valence-electron chi connectivity index (χ4n) is 2.32. The Kier molecular flexibility index (Phi) is 7.00. The smallest absolute Gasteiger partial charge is 0.331 e. The van der Waals surface area contributed by atoms with E-state index in [1.54, 1.807) is 37.5 Å². The minimum atomic E-state index is -0.611. The lowest BCUT2D eigenvalue weighted by Gasteiger charge is -2.08. The molecule has 0 aliphatic heterocycles. The van der Waals surface area contributed by atoms with Crippen LogP contribution in [0, 0.1) is 13.8 Å². The Bertz CT molecular complexity index is 858. The summed E-state index contributed by atoms with van der Waals surface area (Å²) in [4.78, 5) is 23.7. The summed E-state index contributed by atoms with van der Waals surface area (Å²) in [5.41, 5.74) is 3.62. The summed E-state index contributed by atoms with van der Waals surface area (Å²) in [6, 6.07) is 10.8. The quantitative estimate of drug-likeness (QED) is 0.597. The molecule has 0 saturated heterocycles. The maximum Gasteiger partial charge on any atom is 0.331 e. The molecule has 0 aliphatic rings. The topological polar surface area (TPSA) is 73.9 Å². The lowest BCUT2D eigenvalue weighted by atomic mass is 10.1. The zero-order valence-corrected chi connectivity index (χ0v) is 15.9. The van der Waals surface area contributed by atoms with E-state index in [0.29, 0.717) is 17.2 Å². The van der Waals surface area contributed by atoms with Crippen molar-refractivity contribution in [3.63, 3.8) is 0 Å². The van der Waals surface area contributed by atoms with E-state index < -0.39 is 11.9 Å². The highest BCUT2D eigenvalue weighted by atomic mass is 16.5. The highest BCUT2D eigenvalue weighted by Crippen LogP contribution is 2.27. The van der Waals surface area contributed by atoms with Crippen LogP contribution in [0.25, 0.3) is 6.08 Å². The Morgan fingerprint density at radius 2 is 1.70 bits per heavy atom. The summed E-state index contributed by atoms with van der Waals surface area (Å²) >= 11 is 0. The number of amides is 1.